The van der Waals surface area contributed by atoms with Crippen molar-refractivity contribution in [3.05, 3.63) is 53.7 Å². The molecule has 1 N–H and O–H groups in total. The zero-order valence-electron chi connectivity index (χ0n) is 12.0. The van der Waals surface area contributed by atoms with E-state index in [1.165, 1.54) is 17.2 Å². The first-order chi connectivity index (χ1) is 10.5. The van der Waals surface area contributed by atoms with Crippen molar-refractivity contribution < 1.29 is 18.4 Å². The number of hydrogen-bond donors (Lipinski definition) is 1. The molecule has 5 nitrogen and oxygen atoms in total. The average Bonchev–Trinajstić information content (AvgIpc) is 3.06. The highest BCUT2D eigenvalue weighted by atomic mass is 19.1. The first-order valence-electron chi connectivity index (χ1n) is 6.95. The molecule has 0 spiro atoms. The minimum absolute atomic E-state index is 0.150. The number of benzene rings is 1. The van der Waals surface area contributed by atoms with E-state index >= 15 is 0 Å². The number of carbonyl (C=O) groups is 2. The minimum atomic E-state index is -0.451. The number of furan rings is 1. The van der Waals surface area contributed by atoms with Crippen molar-refractivity contribution >= 4 is 17.5 Å². The second-order valence-electron chi connectivity index (χ2n) is 5.28. The highest BCUT2D eigenvalue weighted by molar-refractivity contribution is 5.98. The summed E-state index contributed by atoms with van der Waals surface area (Å²) in [6.45, 7) is 2.00. The van der Waals surface area contributed by atoms with Gasteiger partial charge in [-0.3, -0.25) is 9.59 Å². The number of amides is 2. The summed E-state index contributed by atoms with van der Waals surface area (Å²) in [7, 11) is 0. The van der Waals surface area contributed by atoms with Crippen LogP contribution < -0.4 is 10.2 Å². The van der Waals surface area contributed by atoms with Crippen molar-refractivity contribution in [2.45, 2.75) is 19.4 Å². The van der Waals surface area contributed by atoms with Crippen molar-refractivity contribution in [1.82, 2.24) is 5.32 Å². The molecule has 2 heterocycles. The lowest BCUT2D eigenvalue weighted by Gasteiger charge is -2.17. The Morgan fingerprint density at radius 1 is 1.41 bits per heavy atom. The molecule has 0 radical (unpaired) electrons. The third-order valence-corrected chi connectivity index (χ3v) is 3.60. The lowest BCUT2D eigenvalue weighted by molar-refractivity contribution is -0.117. The van der Waals surface area contributed by atoms with Gasteiger partial charge in [0.1, 0.15) is 17.8 Å². The number of aryl methyl sites for hydroxylation is 1. The van der Waals surface area contributed by atoms with Crippen LogP contribution in [0.5, 0.6) is 0 Å². The van der Waals surface area contributed by atoms with Gasteiger partial charge in [0, 0.05) is 13.0 Å². The van der Waals surface area contributed by atoms with E-state index in [1.807, 2.05) is 0 Å². The van der Waals surface area contributed by atoms with E-state index in [9.17, 15) is 14.0 Å². The molecular formula is C16H15FN2O3. The molecule has 3 rings (SSSR count). The van der Waals surface area contributed by atoms with Gasteiger partial charge in [-0.25, -0.2) is 4.39 Å². The highest BCUT2D eigenvalue weighted by Gasteiger charge is 2.33. The molecule has 0 aliphatic carbocycles. The summed E-state index contributed by atoms with van der Waals surface area (Å²) in [5.41, 5.74) is 0.651. The lowest BCUT2D eigenvalue weighted by Crippen LogP contribution is -2.37. The van der Waals surface area contributed by atoms with Crippen LogP contribution in [0.15, 0.2) is 41.0 Å². The van der Waals surface area contributed by atoms with Crippen LogP contribution in [0.2, 0.25) is 0 Å². The molecule has 0 bridgehead atoms. The number of para-hydroxylation sites is 1. The van der Waals surface area contributed by atoms with Gasteiger partial charge >= 0.3 is 0 Å². The molecule has 1 saturated heterocycles. The molecular weight excluding hydrogens is 287 g/mol. The molecule has 0 saturated carbocycles. The van der Waals surface area contributed by atoms with Gasteiger partial charge in [0.25, 0.3) is 5.91 Å². The zero-order chi connectivity index (χ0) is 15.7. The summed E-state index contributed by atoms with van der Waals surface area (Å²) < 4.78 is 18.9. The summed E-state index contributed by atoms with van der Waals surface area (Å²) in [4.78, 5) is 25.5. The fraction of sp³-hybridized carbons (Fsp3) is 0.250. The highest BCUT2D eigenvalue weighted by Crippen LogP contribution is 2.24. The molecule has 1 unspecified atom stereocenters. The number of rotatable bonds is 3. The Balaban J connectivity index is 1.70. The largest absolute Gasteiger partial charge is 0.469 e. The Hall–Kier alpha value is -2.63. The zero-order valence-corrected chi connectivity index (χ0v) is 12.0. The van der Waals surface area contributed by atoms with E-state index in [-0.39, 0.29) is 36.5 Å². The number of hydrogen-bond acceptors (Lipinski definition) is 3. The molecule has 1 aliphatic heterocycles. The number of nitrogens with zero attached hydrogens (tertiary/aromatic N) is 1. The Morgan fingerprint density at radius 2 is 2.18 bits per heavy atom. The van der Waals surface area contributed by atoms with Gasteiger partial charge in [0.05, 0.1) is 17.3 Å². The van der Waals surface area contributed by atoms with Crippen LogP contribution in [0, 0.1) is 12.7 Å². The summed E-state index contributed by atoms with van der Waals surface area (Å²) >= 11 is 0. The quantitative estimate of drug-likeness (QED) is 0.946. The third kappa shape index (κ3) is 2.72. The van der Waals surface area contributed by atoms with E-state index in [0.29, 0.717) is 11.3 Å². The molecule has 2 aromatic rings. The minimum Gasteiger partial charge on any atom is -0.469 e. The molecule has 1 atom stereocenters. The summed E-state index contributed by atoms with van der Waals surface area (Å²) in [6, 6.07) is 7.38. The van der Waals surface area contributed by atoms with Crippen LogP contribution in [0.3, 0.4) is 0 Å². The molecule has 6 heteroatoms. The van der Waals surface area contributed by atoms with Gasteiger partial charge in [-0.1, -0.05) is 12.1 Å². The van der Waals surface area contributed by atoms with E-state index in [2.05, 4.69) is 5.32 Å². The van der Waals surface area contributed by atoms with Crippen LogP contribution >= 0.6 is 0 Å². The van der Waals surface area contributed by atoms with Crippen LogP contribution in [0.25, 0.3) is 0 Å². The van der Waals surface area contributed by atoms with E-state index in [1.54, 1.807) is 31.2 Å². The topological polar surface area (TPSA) is 62.6 Å². The molecule has 1 aromatic heterocycles. The molecule has 1 aliphatic rings. The SMILES string of the molecule is Cc1cc(C(=O)NC2CC(=O)N(c3ccccc3F)C2)co1. The summed E-state index contributed by atoms with van der Waals surface area (Å²) in [6.07, 6.45) is 1.52. The fourth-order valence-electron chi connectivity index (χ4n) is 2.54. The standard InChI is InChI=1S/C16H15FN2O3/c1-10-6-11(9-22-10)16(21)18-12-7-15(20)19(8-12)14-5-3-2-4-13(14)17/h2-6,9,12H,7-8H2,1H3,(H,18,21). The Morgan fingerprint density at radius 3 is 2.86 bits per heavy atom. The smallest absolute Gasteiger partial charge is 0.254 e. The molecule has 114 valence electrons. The number of carbonyl (C=O) groups excluding carboxylic acids is 2. The summed E-state index contributed by atoms with van der Waals surface area (Å²) in [5, 5.41) is 2.77. The van der Waals surface area contributed by atoms with E-state index < -0.39 is 5.82 Å². The normalized spacial score (nSPS) is 17.8. The van der Waals surface area contributed by atoms with Gasteiger partial charge in [-0.15, -0.1) is 0 Å². The van der Waals surface area contributed by atoms with Crippen LogP contribution in [0.4, 0.5) is 10.1 Å². The molecule has 22 heavy (non-hydrogen) atoms. The maximum atomic E-state index is 13.8. The Bertz CT molecular complexity index is 726. The van der Waals surface area contributed by atoms with Gasteiger partial charge in [0.2, 0.25) is 5.91 Å². The first-order valence-corrected chi connectivity index (χ1v) is 6.95. The second-order valence-corrected chi connectivity index (χ2v) is 5.28. The monoisotopic (exact) mass is 302 g/mol. The number of anilines is 1. The van der Waals surface area contributed by atoms with Gasteiger partial charge in [-0.05, 0) is 25.1 Å². The van der Waals surface area contributed by atoms with Crippen molar-refractivity contribution in [3.8, 4) is 0 Å². The Labute approximate surface area is 126 Å². The van der Waals surface area contributed by atoms with Crippen molar-refractivity contribution in [2.75, 3.05) is 11.4 Å². The number of halogens is 1. The molecule has 1 aromatic carbocycles. The van der Waals surface area contributed by atoms with Crippen molar-refractivity contribution in [2.24, 2.45) is 0 Å². The maximum absolute atomic E-state index is 13.8. The average molecular weight is 302 g/mol. The van der Waals surface area contributed by atoms with E-state index in [0.717, 1.165) is 0 Å². The fourth-order valence-corrected chi connectivity index (χ4v) is 2.54. The van der Waals surface area contributed by atoms with Crippen molar-refractivity contribution in [1.29, 1.82) is 0 Å². The summed E-state index contributed by atoms with van der Waals surface area (Å²) in [5.74, 6) is -0.322. The van der Waals surface area contributed by atoms with Crippen LogP contribution in [-0.4, -0.2) is 24.4 Å². The van der Waals surface area contributed by atoms with Gasteiger partial charge in [-0.2, -0.15) is 0 Å². The predicted octanol–water partition coefficient (Wildman–Crippen LogP) is 2.26. The number of nitrogens with one attached hydrogen (secondary N) is 1. The third-order valence-electron chi connectivity index (χ3n) is 3.60. The maximum Gasteiger partial charge on any atom is 0.254 e. The van der Waals surface area contributed by atoms with Crippen LogP contribution in [-0.2, 0) is 4.79 Å². The van der Waals surface area contributed by atoms with Gasteiger partial charge in [0.15, 0.2) is 0 Å². The Kier molecular flexibility index (Phi) is 3.66. The molecule has 2 amide bonds. The van der Waals surface area contributed by atoms with Gasteiger partial charge < -0.3 is 14.6 Å². The molecule has 1 fully saturated rings. The van der Waals surface area contributed by atoms with Crippen molar-refractivity contribution in [3.63, 3.8) is 0 Å². The predicted molar refractivity (Wildman–Crippen MR) is 78.1 cm³/mol. The first kappa shape index (κ1) is 14.3. The van der Waals surface area contributed by atoms with Crippen LogP contribution in [0.1, 0.15) is 22.5 Å². The van der Waals surface area contributed by atoms with E-state index in [4.69, 9.17) is 4.42 Å². The second kappa shape index (κ2) is 5.63. The lowest BCUT2D eigenvalue weighted by atomic mass is 10.2.